The van der Waals surface area contributed by atoms with Crippen LogP contribution in [0.2, 0.25) is 0 Å². The van der Waals surface area contributed by atoms with Crippen molar-refractivity contribution in [3.63, 3.8) is 0 Å². The molecule has 0 aromatic carbocycles. The summed E-state index contributed by atoms with van der Waals surface area (Å²) in [4.78, 5) is 27.0. The second-order valence-corrected chi connectivity index (χ2v) is 6.11. The first-order chi connectivity index (χ1) is 10.2. The lowest BCUT2D eigenvalue weighted by molar-refractivity contribution is -0.144. The Bertz CT molecular complexity index is 569. The SMILES string of the molecule is O=C(NC1(C(=O)O)CCSCC1)c1ccc(C(F)(F)F)cn1. The predicted molar refractivity (Wildman–Crippen MR) is 73.6 cm³/mol. The first-order valence-electron chi connectivity index (χ1n) is 6.41. The lowest BCUT2D eigenvalue weighted by Crippen LogP contribution is -2.56. The molecule has 2 heterocycles. The zero-order valence-corrected chi connectivity index (χ0v) is 12.1. The number of amides is 1. The highest BCUT2D eigenvalue weighted by Crippen LogP contribution is 2.29. The largest absolute Gasteiger partial charge is 0.480 e. The van der Waals surface area contributed by atoms with Crippen LogP contribution in [-0.4, -0.2) is 39.0 Å². The van der Waals surface area contributed by atoms with Gasteiger partial charge in [-0.3, -0.25) is 9.78 Å². The summed E-state index contributed by atoms with van der Waals surface area (Å²) in [5, 5.41) is 11.8. The fraction of sp³-hybridized carbons (Fsp3) is 0.462. The van der Waals surface area contributed by atoms with Gasteiger partial charge in [0.1, 0.15) is 11.2 Å². The highest BCUT2D eigenvalue weighted by atomic mass is 32.2. The summed E-state index contributed by atoms with van der Waals surface area (Å²) >= 11 is 1.59. The van der Waals surface area contributed by atoms with Crippen LogP contribution >= 0.6 is 11.8 Å². The predicted octanol–water partition coefficient (Wildman–Crippen LogP) is 2.18. The van der Waals surface area contributed by atoms with Crippen LogP contribution in [0.15, 0.2) is 18.3 Å². The second-order valence-electron chi connectivity index (χ2n) is 4.88. The molecule has 1 amide bonds. The van der Waals surface area contributed by atoms with Crippen LogP contribution < -0.4 is 5.32 Å². The zero-order valence-electron chi connectivity index (χ0n) is 11.3. The van der Waals surface area contributed by atoms with Crippen molar-refractivity contribution >= 4 is 23.6 Å². The number of nitrogens with zero attached hydrogens (tertiary/aromatic N) is 1. The Labute approximate surface area is 128 Å². The molecule has 0 bridgehead atoms. The quantitative estimate of drug-likeness (QED) is 0.886. The van der Waals surface area contributed by atoms with Crippen LogP contribution in [-0.2, 0) is 11.0 Å². The molecule has 0 unspecified atom stereocenters. The topological polar surface area (TPSA) is 79.3 Å². The van der Waals surface area contributed by atoms with Gasteiger partial charge in [-0.15, -0.1) is 0 Å². The molecular weight excluding hydrogens is 321 g/mol. The van der Waals surface area contributed by atoms with Gasteiger partial charge < -0.3 is 10.4 Å². The number of aromatic nitrogens is 1. The number of rotatable bonds is 3. The molecule has 0 radical (unpaired) electrons. The standard InChI is InChI=1S/C13H13F3N2O3S/c14-13(15,16)8-1-2-9(17-7-8)10(19)18-12(11(20)21)3-5-22-6-4-12/h1-2,7H,3-6H2,(H,18,19)(H,20,21). The van der Waals surface area contributed by atoms with Gasteiger partial charge in [0.05, 0.1) is 5.56 Å². The van der Waals surface area contributed by atoms with Crippen molar-refractivity contribution in [2.45, 2.75) is 24.6 Å². The molecule has 0 saturated carbocycles. The molecule has 0 atom stereocenters. The van der Waals surface area contributed by atoms with E-state index in [0.717, 1.165) is 12.1 Å². The van der Waals surface area contributed by atoms with Crippen LogP contribution in [0.1, 0.15) is 28.9 Å². The van der Waals surface area contributed by atoms with E-state index in [1.165, 1.54) is 0 Å². The molecule has 120 valence electrons. The van der Waals surface area contributed by atoms with Gasteiger partial charge in [-0.2, -0.15) is 24.9 Å². The molecule has 1 aromatic rings. The first-order valence-corrected chi connectivity index (χ1v) is 7.57. The number of carboxylic acid groups (broad SMARTS) is 1. The molecule has 0 spiro atoms. The Kier molecular flexibility index (Phi) is 4.64. The molecule has 1 aliphatic rings. The molecule has 1 aromatic heterocycles. The second kappa shape index (κ2) is 6.15. The van der Waals surface area contributed by atoms with Crippen molar-refractivity contribution < 1.29 is 27.9 Å². The van der Waals surface area contributed by atoms with Gasteiger partial charge in [-0.05, 0) is 36.5 Å². The molecule has 2 rings (SSSR count). The molecule has 1 fully saturated rings. The van der Waals surface area contributed by atoms with E-state index in [1.54, 1.807) is 11.8 Å². The highest BCUT2D eigenvalue weighted by molar-refractivity contribution is 7.99. The summed E-state index contributed by atoms with van der Waals surface area (Å²) < 4.78 is 37.3. The highest BCUT2D eigenvalue weighted by Gasteiger charge is 2.41. The Hall–Kier alpha value is -1.77. The van der Waals surface area contributed by atoms with Crippen LogP contribution in [0, 0.1) is 0 Å². The normalized spacial score (nSPS) is 17.8. The Morgan fingerprint density at radius 1 is 1.27 bits per heavy atom. The van der Waals surface area contributed by atoms with Crippen molar-refractivity contribution in [3.05, 3.63) is 29.6 Å². The van der Waals surface area contributed by atoms with E-state index in [4.69, 9.17) is 0 Å². The summed E-state index contributed by atoms with van der Waals surface area (Å²) in [6.45, 7) is 0. The number of hydrogen-bond acceptors (Lipinski definition) is 4. The monoisotopic (exact) mass is 334 g/mol. The minimum Gasteiger partial charge on any atom is -0.480 e. The van der Waals surface area contributed by atoms with Crippen molar-refractivity contribution in [1.82, 2.24) is 10.3 Å². The summed E-state index contributed by atoms with van der Waals surface area (Å²) in [5.41, 5.74) is -2.59. The van der Waals surface area contributed by atoms with E-state index in [-0.39, 0.29) is 18.5 Å². The number of nitrogens with one attached hydrogen (secondary N) is 1. The number of halogens is 3. The van der Waals surface area contributed by atoms with Gasteiger partial charge in [-0.25, -0.2) is 4.79 Å². The summed E-state index contributed by atoms with van der Waals surface area (Å²) in [7, 11) is 0. The molecule has 2 N–H and O–H groups in total. The van der Waals surface area contributed by atoms with E-state index in [0.29, 0.717) is 17.7 Å². The molecule has 5 nitrogen and oxygen atoms in total. The van der Waals surface area contributed by atoms with Crippen molar-refractivity contribution in [1.29, 1.82) is 0 Å². The molecule has 1 aliphatic heterocycles. The number of pyridine rings is 1. The van der Waals surface area contributed by atoms with Crippen LogP contribution in [0.4, 0.5) is 13.2 Å². The number of hydrogen-bond donors (Lipinski definition) is 2. The lowest BCUT2D eigenvalue weighted by Gasteiger charge is -2.33. The summed E-state index contributed by atoms with van der Waals surface area (Å²) in [6, 6.07) is 1.68. The zero-order chi connectivity index (χ0) is 16.4. The maximum Gasteiger partial charge on any atom is 0.417 e. The minimum atomic E-state index is -4.54. The average molecular weight is 334 g/mol. The van der Waals surface area contributed by atoms with Crippen molar-refractivity contribution in [2.75, 3.05) is 11.5 Å². The third-order valence-corrected chi connectivity index (χ3v) is 4.42. The molecule has 9 heteroatoms. The van der Waals surface area contributed by atoms with Crippen LogP contribution in [0.3, 0.4) is 0 Å². The third-order valence-electron chi connectivity index (χ3n) is 3.43. The van der Waals surface area contributed by atoms with E-state index in [2.05, 4.69) is 10.3 Å². The van der Waals surface area contributed by atoms with E-state index >= 15 is 0 Å². The summed E-state index contributed by atoms with van der Waals surface area (Å²) in [6.07, 6.45) is -3.46. The fourth-order valence-electron chi connectivity index (χ4n) is 2.09. The number of carbonyl (C=O) groups is 2. The maximum absolute atomic E-state index is 12.4. The van der Waals surface area contributed by atoms with E-state index in [9.17, 15) is 27.9 Å². The number of carbonyl (C=O) groups excluding carboxylic acids is 1. The molecule has 1 saturated heterocycles. The lowest BCUT2D eigenvalue weighted by atomic mass is 9.92. The fourth-order valence-corrected chi connectivity index (χ4v) is 3.28. The van der Waals surface area contributed by atoms with Crippen molar-refractivity contribution in [2.24, 2.45) is 0 Å². The smallest absolute Gasteiger partial charge is 0.417 e. The van der Waals surface area contributed by atoms with Gasteiger partial charge in [0.25, 0.3) is 5.91 Å². The van der Waals surface area contributed by atoms with Crippen LogP contribution in [0.5, 0.6) is 0 Å². The average Bonchev–Trinajstić information content (AvgIpc) is 2.47. The van der Waals surface area contributed by atoms with E-state index in [1.807, 2.05) is 0 Å². The van der Waals surface area contributed by atoms with Crippen molar-refractivity contribution in [3.8, 4) is 0 Å². The molecular formula is C13H13F3N2O3S. The Morgan fingerprint density at radius 2 is 1.91 bits per heavy atom. The number of carboxylic acids is 1. The first kappa shape index (κ1) is 16.6. The number of alkyl halides is 3. The van der Waals surface area contributed by atoms with Gasteiger partial charge >= 0.3 is 12.1 Å². The summed E-state index contributed by atoms with van der Waals surface area (Å²) in [5.74, 6) is -0.754. The molecule has 0 aliphatic carbocycles. The van der Waals surface area contributed by atoms with Gasteiger partial charge in [0.2, 0.25) is 0 Å². The Balaban J connectivity index is 2.15. The minimum absolute atomic E-state index is 0.244. The molecule has 22 heavy (non-hydrogen) atoms. The Morgan fingerprint density at radius 3 is 2.36 bits per heavy atom. The number of thioether (sulfide) groups is 1. The maximum atomic E-state index is 12.4. The van der Waals surface area contributed by atoms with Gasteiger partial charge in [0, 0.05) is 6.20 Å². The third kappa shape index (κ3) is 3.52. The van der Waals surface area contributed by atoms with Gasteiger partial charge in [0.15, 0.2) is 0 Å². The number of aliphatic carboxylic acids is 1. The van der Waals surface area contributed by atoms with Crippen LogP contribution in [0.25, 0.3) is 0 Å². The van der Waals surface area contributed by atoms with Gasteiger partial charge in [-0.1, -0.05) is 0 Å². The van der Waals surface area contributed by atoms with E-state index < -0.39 is 29.2 Å².